The molecule has 0 radical (unpaired) electrons. The molecule has 2 amide bonds. The molecule has 0 aliphatic carbocycles. The van der Waals surface area contributed by atoms with E-state index >= 15 is 0 Å². The number of hydrogen-bond donors (Lipinski definition) is 3. The zero-order chi connectivity index (χ0) is 13.8. The highest BCUT2D eigenvalue weighted by molar-refractivity contribution is 6.04. The van der Waals surface area contributed by atoms with Gasteiger partial charge < -0.3 is 10.1 Å². The van der Waals surface area contributed by atoms with E-state index in [-0.39, 0.29) is 17.9 Å². The first-order valence-electron chi connectivity index (χ1n) is 5.64. The zero-order valence-corrected chi connectivity index (χ0v) is 10.2. The van der Waals surface area contributed by atoms with Crippen molar-refractivity contribution in [3.8, 4) is 0 Å². The average Bonchev–Trinajstić information content (AvgIpc) is 2.85. The van der Waals surface area contributed by atoms with Crippen LogP contribution in [0, 0.1) is 0 Å². The van der Waals surface area contributed by atoms with Gasteiger partial charge in [0.15, 0.2) is 0 Å². The Morgan fingerprint density at radius 1 is 1.37 bits per heavy atom. The Morgan fingerprint density at radius 2 is 2.11 bits per heavy atom. The predicted molar refractivity (Wildman–Crippen MR) is 66.1 cm³/mol. The Kier molecular flexibility index (Phi) is 3.76. The van der Waals surface area contributed by atoms with Gasteiger partial charge in [-0.1, -0.05) is 12.1 Å². The molecule has 19 heavy (non-hydrogen) atoms. The third kappa shape index (κ3) is 2.89. The van der Waals surface area contributed by atoms with E-state index in [1.807, 2.05) is 0 Å². The molecule has 0 bridgehead atoms. The lowest BCUT2D eigenvalue weighted by Crippen LogP contribution is -2.40. The SMILES string of the molecule is COC(=O)c1ccccc1NC(=O)C1CC(=O)NN1. The molecule has 1 aromatic carbocycles. The third-order valence-corrected chi connectivity index (χ3v) is 2.68. The molecule has 0 spiro atoms. The number of hydrogen-bond acceptors (Lipinski definition) is 5. The summed E-state index contributed by atoms with van der Waals surface area (Å²) < 4.78 is 4.63. The second kappa shape index (κ2) is 5.49. The van der Waals surface area contributed by atoms with Crippen LogP contribution in [0.4, 0.5) is 5.69 Å². The number of hydrazine groups is 1. The molecule has 7 nitrogen and oxygen atoms in total. The third-order valence-electron chi connectivity index (χ3n) is 2.68. The fraction of sp³-hybridized carbons (Fsp3) is 0.250. The molecule has 1 heterocycles. The van der Waals surface area contributed by atoms with Crippen LogP contribution in [-0.4, -0.2) is 30.9 Å². The summed E-state index contributed by atoms with van der Waals surface area (Å²) in [6.45, 7) is 0. The van der Waals surface area contributed by atoms with E-state index in [0.717, 1.165) is 0 Å². The van der Waals surface area contributed by atoms with Gasteiger partial charge in [-0.25, -0.2) is 10.2 Å². The molecule has 1 fully saturated rings. The van der Waals surface area contributed by atoms with Crippen LogP contribution < -0.4 is 16.2 Å². The summed E-state index contributed by atoms with van der Waals surface area (Å²) in [5, 5.41) is 2.59. The molecule has 3 N–H and O–H groups in total. The summed E-state index contributed by atoms with van der Waals surface area (Å²) in [6, 6.07) is 5.84. The second-order valence-electron chi connectivity index (χ2n) is 3.98. The highest BCUT2D eigenvalue weighted by Gasteiger charge is 2.28. The van der Waals surface area contributed by atoms with Crippen molar-refractivity contribution in [3.63, 3.8) is 0 Å². The summed E-state index contributed by atoms with van der Waals surface area (Å²) in [7, 11) is 1.27. The van der Waals surface area contributed by atoms with Crippen LogP contribution in [-0.2, 0) is 14.3 Å². The van der Waals surface area contributed by atoms with Gasteiger partial charge in [-0.2, -0.15) is 0 Å². The number of esters is 1. The van der Waals surface area contributed by atoms with Gasteiger partial charge in [0.2, 0.25) is 11.8 Å². The quantitative estimate of drug-likeness (QED) is 0.656. The first-order valence-corrected chi connectivity index (χ1v) is 5.64. The van der Waals surface area contributed by atoms with Crippen molar-refractivity contribution in [1.82, 2.24) is 10.9 Å². The molecule has 1 aliphatic heterocycles. The van der Waals surface area contributed by atoms with Gasteiger partial charge in [0, 0.05) is 0 Å². The lowest BCUT2D eigenvalue weighted by Gasteiger charge is -2.12. The summed E-state index contributed by atoms with van der Waals surface area (Å²) in [4.78, 5) is 34.4. The molecule has 0 aromatic heterocycles. The maximum absolute atomic E-state index is 11.9. The Balaban J connectivity index is 2.12. The zero-order valence-electron chi connectivity index (χ0n) is 10.2. The summed E-state index contributed by atoms with van der Waals surface area (Å²) in [5.74, 6) is -1.18. The van der Waals surface area contributed by atoms with Crippen molar-refractivity contribution in [1.29, 1.82) is 0 Å². The molecular weight excluding hydrogens is 250 g/mol. The summed E-state index contributed by atoms with van der Waals surface area (Å²) >= 11 is 0. The number of amides is 2. The van der Waals surface area contributed by atoms with Gasteiger partial charge >= 0.3 is 5.97 Å². The van der Waals surface area contributed by atoms with Crippen molar-refractivity contribution >= 4 is 23.5 Å². The van der Waals surface area contributed by atoms with Crippen LogP contribution in [0.15, 0.2) is 24.3 Å². The molecule has 1 aliphatic rings. The number of benzene rings is 1. The molecule has 2 rings (SSSR count). The van der Waals surface area contributed by atoms with Crippen LogP contribution in [0.1, 0.15) is 16.8 Å². The molecule has 7 heteroatoms. The monoisotopic (exact) mass is 263 g/mol. The van der Waals surface area contributed by atoms with Crippen molar-refractivity contribution in [2.24, 2.45) is 0 Å². The highest BCUT2D eigenvalue weighted by Crippen LogP contribution is 2.16. The smallest absolute Gasteiger partial charge is 0.339 e. The van der Waals surface area contributed by atoms with E-state index < -0.39 is 17.9 Å². The highest BCUT2D eigenvalue weighted by atomic mass is 16.5. The number of rotatable bonds is 3. The van der Waals surface area contributed by atoms with Gasteiger partial charge in [0.05, 0.1) is 24.8 Å². The van der Waals surface area contributed by atoms with E-state index in [0.29, 0.717) is 5.69 Å². The minimum atomic E-state index is -0.654. The number of anilines is 1. The van der Waals surface area contributed by atoms with Crippen molar-refractivity contribution in [2.45, 2.75) is 12.5 Å². The van der Waals surface area contributed by atoms with E-state index in [1.54, 1.807) is 24.3 Å². The first kappa shape index (κ1) is 13.0. The molecule has 1 unspecified atom stereocenters. The Hall–Kier alpha value is -2.41. The number of para-hydroxylation sites is 1. The van der Waals surface area contributed by atoms with E-state index in [4.69, 9.17) is 0 Å². The van der Waals surface area contributed by atoms with E-state index in [1.165, 1.54) is 7.11 Å². The summed E-state index contributed by atoms with van der Waals surface area (Å²) in [6.07, 6.45) is 0.0617. The number of carbonyl (C=O) groups excluding carboxylic acids is 3. The fourth-order valence-electron chi connectivity index (χ4n) is 1.71. The lowest BCUT2D eigenvalue weighted by atomic mass is 10.1. The van der Waals surface area contributed by atoms with Gasteiger partial charge in [-0.05, 0) is 12.1 Å². The Morgan fingerprint density at radius 3 is 2.74 bits per heavy atom. The van der Waals surface area contributed by atoms with Crippen LogP contribution in [0.2, 0.25) is 0 Å². The van der Waals surface area contributed by atoms with Crippen LogP contribution in [0.5, 0.6) is 0 Å². The van der Waals surface area contributed by atoms with E-state index in [9.17, 15) is 14.4 Å². The van der Waals surface area contributed by atoms with Crippen molar-refractivity contribution in [3.05, 3.63) is 29.8 Å². The van der Waals surface area contributed by atoms with Crippen molar-refractivity contribution in [2.75, 3.05) is 12.4 Å². The lowest BCUT2D eigenvalue weighted by molar-refractivity contribution is -0.121. The number of methoxy groups -OCH3 is 1. The molecule has 1 aromatic rings. The van der Waals surface area contributed by atoms with Gasteiger partial charge in [0.1, 0.15) is 6.04 Å². The normalized spacial score (nSPS) is 17.7. The number of nitrogens with one attached hydrogen (secondary N) is 3. The van der Waals surface area contributed by atoms with Crippen LogP contribution >= 0.6 is 0 Å². The molecule has 100 valence electrons. The Bertz CT molecular complexity index is 529. The largest absolute Gasteiger partial charge is 0.465 e. The minimum absolute atomic E-state index is 0.0617. The molecular formula is C12H13N3O4. The second-order valence-corrected chi connectivity index (χ2v) is 3.98. The number of carbonyl (C=O) groups is 3. The summed E-state index contributed by atoms with van der Waals surface area (Å²) in [5.41, 5.74) is 5.51. The van der Waals surface area contributed by atoms with Gasteiger partial charge in [-0.3, -0.25) is 15.0 Å². The minimum Gasteiger partial charge on any atom is -0.465 e. The van der Waals surface area contributed by atoms with E-state index in [2.05, 4.69) is 20.9 Å². The molecule has 1 saturated heterocycles. The molecule has 1 atom stereocenters. The topological polar surface area (TPSA) is 96.5 Å². The van der Waals surface area contributed by atoms with Crippen LogP contribution in [0.25, 0.3) is 0 Å². The van der Waals surface area contributed by atoms with Gasteiger partial charge in [0.25, 0.3) is 0 Å². The van der Waals surface area contributed by atoms with Crippen molar-refractivity contribution < 1.29 is 19.1 Å². The van der Waals surface area contributed by atoms with Gasteiger partial charge in [-0.15, -0.1) is 0 Å². The Labute approximate surface area is 109 Å². The standard InChI is InChI=1S/C12H13N3O4/c1-19-12(18)7-4-2-3-5-8(7)13-11(17)9-6-10(16)15-14-9/h2-5,9,14H,6H2,1H3,(H,13,17)(H,15,16). The van der Waals surface area contributed by atoms with Crippen LogP contribution in [0.3, 0.4) is 0 Å². The fourth-order valence-corrected chi connectivity index (χ4v) is 1.71. The maximum Gasteiger partial charge on any atom is 0.339 e. The predicted octanol–water partition coefficient (Wildman–Crippen LogP) is -0.195. The average molecular weight is 263 g/mol. The molecule has 0 saturated carbocycles. The number of ether oxygens (including phenoxy) is 1. The maximum atomic E-state index is 11.9. The first-order chi connectivity index (χ1) is 9.11.